The van der Waals surface area contributed by atoms with Crippen molar-refractivity contribution >= 4 is 11.0 Å². The number of hydrogen-bond acceptors (Lipinski definition) is 3. The molecule has 0 aliphatic heterocycles. The first kappa shape index (κ1) is 8.26. The Morgan fingerprint density at radius 1 is 1.54 bits per heavy atom. The fraction of sp³-hybridized carbons (Fsp3) is 0.300. The highest BCUT2D eigenvalue weighted by Crippen LogP contribution is 2.15. The second kappa shape index (κ2) is 3.18. The first-order valence-electron chi connectivity index (χ1n) is 4.34. The predicted molar refractivity (Wildman–Crippen MR) is 51.4 cm³/mol. The number of hydrogen-bond donors (Lipinski definition) is 1. The maximum Gasteiger partial charge on any atom is 0.167 e. The molecule has 1 atom stereocenters. The number of aromatic nitrogens is 1. The molecule has 0 aliphatic rings. The lowest BCUT2D eigenvalue weighted by atomic mass is 10.1. The molecule has 0 saturated carbocycles. The molecule has 0 saturated heterocycles. The van der Waals surface area contributed by atoms with E-state index in [2.05, 4.69) is 11.2 Å². The van der Waals surface area contributed by atoms with Crippen molar-refractivity contribution in [1.29, 1.82) is 0 Å². The van der Waals surface area contributed by atoms with Gasteiger partial charge in [-0.05, 0) is 31.0 Å². The van der Waals surface area contributed by atoms with Crippen LogP contribution in [0.1, 0.15) is 12.5 Å². The molecule has 0 spiro atoms. The van der Waals surface area contributed by atoms with Crippen LogP contribution in [-0.4, -0.2) is 11.2 Å². The van der Waals surface area contributed by atoms with Crippen molar-refractivity contribution in [2.24, 2.45) is 5.73 Å². The number of rotatable bonds is 2. The molecule has 68 valence electrons. The van der Waals surface area contributed by atoms with Crippen LogP contribution in [0.25, 0.3) is 11.0 Å². The number of benzene rings is 1. The van der Waals surface area contributed by atoms with Gasteiger partial charge < -0.3 is 10.3 Å². The average Bonchev–Trinajstić information content (AvgIpc) is 2.49. The Labute approximate surface area is 76.5 Å². The SMILES string of the molecule is CC(N)Cc1ccc2cnoc2c1. The second-order valence-corrected chi connectivity index (χ2v) is 3.38. The largest absolute Gasteiger partial charge is 0.356 e. The minimum Gasteiger partial charge on any atom is -0.356 e. The smallest absolute Gasteiger partial charge is 0.167 e. The zero-order chi connectivity index (χ0) is 9.26. The Hall–Kier alpha value is -1.35. The molecule has 0 bridgehead atoms. The van der Waals surface area contributed by atoms with Crippen molar-refractivity contribution in [2.75, 3.05) is 0 Å². The molecule has 2 rings (SSSR count). The summed E-state index contributed by atoms with van der Waals surface area (Å²) in [6, 6.07) is 6.23. The molecule has 1 unspecified atom stereocenters. The van der Waals surface area contributed by atoms with Crippen LogP contribution in [0.15, 0.2) is 28.9 Å². The van der Waals surface area contributed by atoms with E-state index in [0.717, 1.165) is 17.4 Å². The van der Waals surface area contributed by atoms with E-state index in [1.54, 1.807) is 6.20 Å². The minimum atomic E-state index is 0.181. The van der Waals surface area contributed by atoms with E-state index in [1.165, 1.54) is 5.56 Å². The Balaban J connectivity index is 2.37. The Bertz CT molecular complexity index is 406. The molecule has 2 aromatic rings. The molecule has 3 nitrogen and oxygen atoms in total. The van der Waals surface area contributed by atoms with Gasteiger partial charge in [-0.15, -0.1) is 0 Å². The molecule has 0 amide bonds. The summed E-state index contributed by atoms with van der Waals surface area (Å²) in [6.45, 7) is 1.99. The van der Waals surface area contributed by atoms with Crippen LogP contribution >= 0.6 is 0 Å². The molecule has 1 aromatic heterocycles. The Morgan fingerprint density at radius 3 is 3.15 bits per heavy atom. The van der Waals surface area contributed by atoms with E-state index in [9.17, 15) is 0 Å². The summed E-state index contributed by atoms with van der Waals surface area (Å²) < 4.78 is 5.05. The fourth-order valence-corrected chi connectivity index (χ4v) is 1.40. The Kier molecular flexibility index (Phi) is 2.02. The highest BCUT2D eigenvalue weighted by molar-refractivity contribution is 5.76. The second-order valence-electron chi connectivity index (χ2n) is 3.38. The molecule has 13 heavy (non-hydrogen) atoms. The lowest BCUT2D eigenvalue weighted by molar-refractivity contribution is 0.456. The summed E-state index contributed by atoms with van der Waals surface area (Å²) in [5, 5.41) is 4.75. The molecule has 3 heteroatoms. The van der Waals surface area contributed by atoms with Crippen molar-refractivity contribution in [3.63, 3.8) is 0 Å². The summed E-state index contributed by atoms with van der Waals surface area (Å²) in [7, 11) is 0. The monoisotopic (exact) mass is 176 g/mol. The van der Waals surface area contributed by atoms with Crippen molar-refractivity contribution in [3.05, 3.63) is 30.0 Å². The third-order valence-corrected chi connectivity index (χ3v) is 1.98. The van der Waals surface area contributed by atoms with E-state index in [4.69, 9.17) is 10.3 Å². The van der Waals surface area contributed by atoms with Crippen molar-refractivity contribution in [1.82, 2.24) is 5.16 Å². The summed E-state index contributed by atoms with van der Waals surface area (Å²) in [5.41, 5.74) is 7.72. The molecule has 1 heterocycles. The van der Waals surface area contributed by atoms with Gasteiger partial charge in [0, 0.05) is 11.4 Å². The quantitative estimate of drug-likeness (QED) is 0.757. The highest BCUT2D eigenvalue weighted by Gasteiger charge is 2.01. The summed E-state index contributed by atoms with van der Waals surface area (Å²) in [4.78, 5) is 0. The van der Waals surface area contributed by atoms with Gasteiger partial charge in [-0.1, -0.05) is 11.2 Å². The maximum atomic E-state index is 5.70. The zero-order valence-corrected chi connectivity index (χ0v) is 7.53. The van der Waals surface area contributed by atoms with Crippen LogP contribution in [0, 0.1) is 0 Å². The van der Waals surface area contributed by atoms with Gasteiger partial charge in [0.1, 0.15) is 0 Å². The third-order valence-electron chi connectivity index (χ3n) is 1.98. The van der Waals surface area contributed by atoms with Gasteiger partial charge in [0.05, 0.1) is 6.20 Å². The van der Waals surface area contributed by atoms with E-state index < -0.39 is 0 Å². The first-order valence-corrected chi connectivity index (χ1v) is 4.34. The number of nitrogens with two attached hydrogens (primary N) is 1. The standard InChI is InChI=1S/C10H12N2O/c1-7(11)4-8-2-3-9-6-12-13-10(9)5-8/h2-3,5-7H,4,11H2,1H3. The normalized spacial score (nSPS) is 13.4. The lowest BCUT2D eigenvalue weighted by Gasteiger charge is -2.03. The summed E-state index contributed by atoms with van der Waals surface area (Å²) in [5.74, 6) is 0. The molecular weight excluding hydrogens is 164 g/mol. The van der Waals surface area contributed by atoms with Crippen LogP contribution in [0.2, 0.25) is 0 Å². The van der Waals surface area contributed by atoms with E-state index in [-0.39, 0.29) is 6.04 Å². The van der Waals surface area contributed by atoms with Crippen LogP contribution in [0.5, 0.6) is 0 Å². The molecule has 0 radical (unpaired) electrons. The van der Waals surface area contributed by atoms with E-state index in [1.807, 2.05) is 19.1 Å². The highest BCUT2D eigenvalue weighted by atomic mass is 16.5. The lowest BCUT2D eigenvalue weighted by Crippen LogP contribution is -2.17. The van der Waals surface area contributed by atoms with Crippen molar-refractivity contribution < 1.29 is 4.52 Å². The van der Waals surface area contributed by atoms with Gasteiger partial charge in [-0.3, -0.25) is 0 Å². The molecule has 0 fully saturated rings. The Morgan fingerprint density at radius 2 is 2.38 bits per heavy atom. The third kappa shape index (κ3) is 1.70. The first-order chi connectivity index (χ1) is 6.25. The van der Waals surface area contributed by atoms with Crippen LogP contribution in [-0.2, 0) is 6.42 Å². The van der Waals surface area contributed by atoms with Crippen molar-refractivity contribution in [3.8, 4) is 0 Å². The molecular formula is C10H12N2O. The molecule has 2 N–H and O–H groups in total. The predicted octanol–water partition coefficient (Wildman–Crippen LogP) is 1.72. The van der Waals surface area contributed by atoms with Crippen LogP contribution in [0.4, 0.5) is 0 Å². The summed E-state index contributed by atoms with van der Waals surface area (Å²) >= 11 is 0. The molecule has 0 aliphatic carbocycles. The van der Waals surface area contributed by atoms with Gasteiger partial charge >= 0.3 is 0 Å². The number of fused-ring (bicyclic) bond motifs is 1. The fourth-order valence-electron chi connectivity index (χ4n) is 1.40. The number of nitrogens with zero attached hydrogens (tertiary/aromatic N) is 1. The van der Waals surface area contributed by atoms with Gasteiger partial charge in [0.2, 0.25) is 0 Å². The zero-order valence-electron chi connectivity index (χ0n) is 7.53. The van der Waals surface area contributed by atoms with Gasteiger partial charge in [-0.25, -0.2) is 0 Å². The van der Waals surface area contributed by atoms with E-state index in [0.29, 0.717) is 0 Å². The minimum absolute atomic E-state index is 0.181. The van der Waals surface area contributed by atoms with Crippen LogP contribution in [0.3, 0.4) is 0 Å². The average molecular weight is 176 g/mol. The van der Waals surface area contributed by atoms with Crippen LogP contribution < -0.4 is 5.73 Å². The maximum absolute atomic E-state index is 5.70. The van der Waals surface area contributed by atoms with Gasteiger partial charge in [0.15, 0.2) is 5.58 Å². The topological polar surface area (TPSA) is 52.0 Å². The van der Waals surface area contributed by atoms with Gasteiger partial charge in [0.25, 0.3) is 0 Å². The van der Waals surface area contributed by atoms with Gasteiger partial charge in [-0.2, -0.15) is 0 Å². The molecule has 1 aromatic carbocycles. The summed E-state index contributed by atoms with van der Waals surface area (Å²) in [6.07, 6.45) is 2.58. The van der Waals surface area contributed by atoms with Crippen molar-refractivity contribution in [2.45, 2.75) is 19.4 Å². The van der Waals surface area contributed by atoms with E-state index >= 15 is 0 Å².